The summed E-state index contributed by atoms with van der Waals surface area (Å²) >= 11 is 0. The fourth-order valence-corrected chi connectivity index (χ4v) is 8.64. The molecule has 308 valence electrons. The van der Waals surface area contributed by atoms with Crippen LogP contribution in [-0.4, -0.2) is 15.4 Å². The zero-order valence-corrected chi connectivity index (χ0v) is 38.6. The molecule has 61 heavy (non-hydrogen) atoms. The van der Waals surface area contributed by atoms with Crippen molar-refractivity contribution < 1.29 is 30.5 Å². The number of aryl methyl sites for hydroxylation is 3. The molecule has 0 radical (unpaired) electrons. The van der Waals surface area contributed by atoms with Crippen molar-refractivity contribution in [1.29, 1.82) is 0 Å². The third-order valence-corrected chi connectivity index (χ3v) is 11.7. The average molecular weight is 981 g/mol. The molecule has 1 aliphatic heterocycles. The minimum Gasteiger partial charge on any atom is -0.510 e. The van der Waals surface area contributed by atoms with Gasteiger partial charge in [-0.25, -0.2) is 4.98 Å². The summed E-state index contributed by atoms with van der Waals surface area (Å²) in [5.74, 6) is 2.50. The predicted molar refractivity (Wildman–Crippen MR) is 246 cm³/mol. The van der Waals surface area contributed by atoms with Crippen molar-refractivity contribution >= 4 is 27.7 Å². The van der Waals surface area contributed by atoms with Crippen molar-refractivity contribution in [1.82, 2.24) is 9.55 Å². The second kappa shape index (κ2) is 16.3. The molecule has 9 rings (SSSR count). The summed E-state index contributed by atoms with van der Waals surface area (Å²) in [6.45, 7) is 19.9. The molecule has 6 heteroatoms. The van der Waals surface area contributed by atoms with E-state index in [0.29, 0.717) is 17.4 Å². The smallest absolute Gasteiger partial charge is 0.510 e. The molecule has 0 saturated heterocycles. The van der Waals surface area contributed by atoms with Crippen molar-refractivity contribution in [3.05, 3.63) is 190 Å². The van der Waals surface area contributed by atoms with Gasteiger partial charge in [0.05, 0.1) is 0 Å². The van der Waals surface area contributed by atoms with Gasteiger partial charge in [-0.05, 0) is 94.1 Å². The minimum atomic E-state index is -0.297. The van der Waals surface area contributed by atoms with Crippen molar-refractivity contribution in [3.63, 3.8) is 0 Å². The van der Waals surface area contributed by atoms with Gasteiger partial charge >= 0.3 is 21.1 Å². The van der Waals surface area contributed by atoms with E-state index < -0.39 is 0 Å². The summed E-state index contributed by atoms with van der Waals surface area (Å²) in [4.78, 5) is 10.2. The second-order valence-corrected chi connectivity index (χ2v) is 18.3. The van der Waals surface area contributed by atoms with Gasteiger partial charge in [0.1, 0.15) is 23.9 Å². The van der Waals surface area contributed by atoms with E-state index in [9.17, 15) is 0 Å². The number of hydrogen-bond acceptors (Lipinski definition) is 4. The number of hydrogen-bond donors (Lipinski definition) is 0. The topological polar surface area (TPSA) is 48.6 Å². The number of aliphatic imine (C=N–C) groups is 1. The largest absolute Gasteiger partial charge is 2.00 e. The molecular formula is C55H51N3O2Pt. The molecule has 6 aromatic carbocycles. The molecule has 3 heterocycles. The first-order valence-corrected chi connectivity index (χ1v) is 20.9. The molecule has 0 unspecified atom stereocenters. The molecule has 2 aromatic heterocycles. The summed E-state index contributed by atoms with van der Waals surface area (Å²) in [6, 6.07) is 51.7. The fraction of sp³-hybridized carbons (Fsp3) is 0.236. The Kier molecular flexibility index (Phi) is 11.2. The van der Waals surface area contributed by atoms with E-state index in [1.165, 1.54) is 27.8 Å². The molecule has 2 atom stereocenters. The Labute approximate surface area is 374 Å². The first kappa shape index (κ1) is 41.9. The molecule has 0 saturated carbocycles. The van der Waals surface area contributed by atoms with E-state index in [4.69, 9.17) is 19.5 Å². The van der Waals surface area contributed by atoms with E-state index in [0.717, 1.165) is 55.4 Å². The van der Waals surface area contributed by atoms with Crippen molar-refractivity contribution in [3.8, 4) is 28.4 Å². The summed E-state index contributed by atoms with van der Waals surface area (Å²) in [5, 5.41) is 2.24. The SMILES string of the molecule is Cc1cc(C)c(-c2cc(Oc3[c-]c4c(cc3)c3cc(C(C)(C)C)ccc3n4-c3cc(C(C)(C)C)ccn3)[c-]c(C3=N[C@H](c4ccccc4)[C@@H](c4ccccc4)O3)c2)c(C)c1.[Pt+2]. The van der Waals surface area contributed by atoms with Gasteiger partial charge in [-0.2, -0.15) is 6.07 Å². The van der Waals surface area contributed by atoms with Crippen LogP contribution in [0.15, 0.2) is 139 Å². The molecule has 8 aromatic rings. The summed E-state index contributed by atoms with van der Waals surface area (Å²) in [7, 11) is 0. The number of pyridine rings is 1. The number of aromatic nitrogens is 2. The fourth-order valence-electron chi connectivity index (χ4n) is 8.64. The molecule has 5 nitrogen and oxygen atoms in total. The van der Waals surface area contributed by atoms with Gasteiger partial charge in [0.2, 0.25) is 0 Å². The van der Waals surface area contributed by atoms with Crippen LogP contribution in [0, 0.1) is 32.9 Å². The van der Waals surface area contributed by atoms with E-state index in [1.807, 2.05) is 36.5 Å². The zero-order chi connectivity index (χ0) is 41.9. The molecular weight excluding hydrogens is 930 g/mol. The van der Waals surface area contributed by atoms with Gasteiger partial charge in [-0.1, -0.05) is 161 Å². The Balaban J connectivity index is 0.00000514. The zero-order valence-electron chi connectivity index (χ0n) is 36.3. The van der Waals surface area contributed by atoms with Gasteiger partial charge in [-0.15, -0.1) is 23.6 Å². The molecule has 1 aliphatic rings. The van der Waals surface area contributed by atoms with E-state index in [1.54, 1.807) is 0 Å². The van der Waals surface area contributed by atoms with Crippen LogP contribution in [-0.2, 0) is 36.6 Å². The Hall–Kier alpha value is -5.77. The van der Waals surface area contributed by atoms with Crippen molar-refractivity contribution in [2.45, 2.75) is 85.3 Å². The first-order chi connectivity index (χ1) is 28.7. The summed E-state index contributed by atoms with van der Waals surface area (Å²) in [6.07, 6.45) is 1.61. The van der Waals surface area contributed by atoms with Crippen LogP contribution in [0.5, 0.6) is 11.5 Å². The number of ether oxygens (including phenoxy) is 2. The molecule has 0 fully saturated rings. The Bertz CT molecular complexity index is 2910. The minimum absolute atomic E-state index is 0. The monoisotopic (exact) mass is 980 g/mol. The van der Waals surface area contributed by atoms with Crippen molar-refractivity contribution in [2.24, 2.45) is 4.99 Å². The quantitative estimate of drug-likeness (QED) is 0.150. The van der Waals surface area contributed by atoms with E-state index >= 15 is 0 Å². The summed E-state index contributed by atoms with van der Waals surface area (Å²) in [5.41, 5.74) is 13.0. The maximum Gasteiger partial charge on any atom is 2.00 e. The van der Waals surface area contributed by atoms with Gasteiger partial charge in [0, 0.05) is 23.2 Å². The standard InChI is InChI=1S/C55H51N3O2.Pt/c1-34-26-35(2)50(36(3)27-34)39-28-40(53-57-51(37-16-12-10-13-17-37)52(60-53)38-18-14-11-15-19-38)30-44(29-39)59-43-21-22-45-46-31-41(54(4,5)6)20-23-47(46)58(48(45)33-43)49-32-42(24-25-56-49)55(7,8)9;/h10-29,31-32,51-52H,1-9H3;/q-2;+2/t51-,52-;/m1./s1. The summed E-state index contributed by atoms with van der Waals surface area (Å²) < 4.78 is 15.9. The molecule has 0 amide bonds. The number of nitrogens with zero attached hydrogens (tertiary/aromatic N) is 3. The first-order valence-electron chi connectivity index (χ1n) is 20.9. The third kappa shape index (κ3) is 8.21. The Morgan fingerprint density at radius 1 is 0.639 bits per heavy atom. The van der Waals surface area contributed by atoms with Crippen LogP contribution in [0.3, 0.4) is 0 Å². The van der Waals surface area contributed by atoms with Gasteiger partial charge in [0.15, 0.2) is 0 Å². The van der Waals surface area contributed by atoms with Crippen molar-refractivity contribution in [2.75, 3.05) is 0 Å². The van der Waals surface area contributed by atoms with Crippen LogP contribution in [0.25, 0.3) is 38.8 Å². The maximum atomic E-state index is 6.86. The molecule has 0 aliphatic carbocycles. The van der Waals surface area contributed by atoms with Crippen LogP contribution >= 0.6 is 0 Å². The van der Waals surface area contributed by atoms with Gasteiger partial charge < -0.3 is 14.0 Å². The number of fused-ring (bicyclic) bond motifs is 3. The van der Waals surface area contributed by atoms with E-state index in [2.05, 4.69) is 176 Å². The molecule has 0 spiro atoms. The van der Waals surface area contributed by atoms with E-state index in [-0.39, 0.29) is 44.0 Å². The number of rotatable bonds is 7. The van der Waals surface area contributed by atoms with Crippen LogP contribution < -0.4 is 4.74 Å². The van der Waals surface area contributed by atoms with Crippen LogP contribution in [0.2, 0.25) is 0 Å². The second-order valence-electron chi connectivity index (χ2n) is 18.3. The third-order valence-electron chi connectivity index (χ3n) is 11.7. The number of benzene rings is 6. The van der Waals surface area contributed by atoms with Gasteiger partial charge in [-0.3, -0.25) is 4.99 Å². The Morgan fingerprint density at radius 2 is 1.30 bits per heavy atom. The average Bonchev–Trinajstić information content (AvgIpc) is 3.80. The molecule has 0 N–H and O–H groups in total. The maximum absolute atomic E-state index is 6.86. The Morgan fingerprint density at radius 3 is 1.97 bits per heavy atom. The normalized spacial score (nSPS) is 15.4. The molecule has 0 bridgehead atoms. The van der Waals surface area contributed by atoms with Crippen LogP contribution in [0.1, 0.15) is 98.2 Å². The van der Waals surface area contributed by atoms with Crippen LogP contribution in [0.4, 0.5) is 0 Å². The van der Waals surface area contributed by atoms with Gasteiger partial charge in [0.25, 0.3) is 0 Å². The predicted octanol–water partition coefficient (Wildman–Crippen LogP) is 14.0.